The molecule has 3 rings (SSSR count). The van der Waals surface area contributed by atoms with Crippen LogP contribution < -0.4 is 10.9 Å². The molecule has 2 aromatic carbocycles. The Kier molecular flexibility index (Phi) is 8.21. The SMILES string of the molecule is COCCN(C(=O)Nc1cccc(Cl)c1)C(C)c1nc2ccccc2c(=O)n1CCOC. The zero-order valence-corrected chi connectivity index (χ0v) is 19.1. The zero-order chi connectivity index (χ0) is 23.1. The predicted octanol–water partition coefficient (Wildman–Crippen LogP) is 3.94. The monoisotopic (exact) mass is 458 g/mol. The van der Waals surface area contributed by atoms with E-state index in [0.717, 1.165) is 0 Å². The van der Waals surface area contributed by atoms with E-state index in [-0.39, 0.29) is 11.6 Å². The molecule has 1 heterocycles. The number of amides is 2. The second-order valence-electron chi connectivity index (χ2n) is 7.24. The van der Waals surface area contributed by atoms with E-state index in [1.165, 1.54) is 0 Å². The lowest BCUT2D eigenvalue weighted by molar-refractivity contribution is 0.134. The lowest BCUT2D eigenvalue weighted by Crippen LogP contribution is -2.42. The van der Waals surface area contributed by atoms with E-state index in [9.17, 15) is 9.59 Å². The normalized spacial score (nSPS) is 12.0. The molecule has 9 heteroatoms. The third-order valence-electron chi connectivity index (χ3n) is 5.12. The quantitative estimate of drug-likeness (QED) is 0.525. The second-order valence-corrected chi connectivity index (χ2v) is 7.68. The molecule has 1 N–H and O–H groups in total. The van der Waals surface area contributed by atoms with Crippen LogP contribution in [-0.4, -0.2) is 54.5 Å². The van der Waals surface area contributed by atoms with Crippen molar-refractivity contribution in [2.45, 2.75) is 19.5 Å². The van der Waals surface area contributed by atoms with Crippen molar-refractivity contribution in [3.8, 4) is 0 Å². The number of hydrogen-bond acceptors (Lipinski definition) is 5. The van der Waals surface area contributed by atoms with Gasteiger partial charge in [0.05, 0.1) is 36.7 Å². The van der Waals surface area contributed by atoms with Gasteiger partial charge < -0.3 is 19.7 Å². The van der Waals surface area contributed by atoms with Crippen LogP contribution in [0.25, 0.3) is 10.9 Å². The molecule has 1 aromatic heterocycles. The standard InChI is InChI=1S/C23H27ClN4O4/c1-16(27(11-13-31-2)23(30)25-18-8-6-7-17(24)15-18)21-26-20-10-5-4-9-19(20)22(29)28(21)12-14-32-3/h4-10,15-16H,11-14H2,1-3H3,(H,25,30). The van der Waals surface area contributed by atoms with Gasteiger partial charge in [-0.3, -0.25) is 9.36 Å². The van der Waals surface area contributed by atoms with Crippen LogP contribution >= 0.6 is 11.6 Å². The van der Waals surface area contributed by atoms with E-state index in [0.29, 0.717) is 53.7 Å². The third kappa shape index (κ3) is 5.45. The van der Waals surface area contributed by atoms with Crippen molar-refractivity contribution in [2.24, 2.45) is 0 Å². The van der Waals surface area contributed by atoms with E-state index >= 15 is 0 Å². The van der Waals surface area contributed by atoms with Gasteiger partial charge in [0.25, 0.3) is 5.56 Å². The number of aromatic nitrogens is 2. The molecule has 0 saturated heterocycles. The number of rotatable bonds is 9. The highest BCUT2D eigenvalue weighted by molar-refractivity contribution is 6.30. The molecule has 0 aliphatic rings. The number of methoxy groups -OCH3 is 2. The van der Waals surface area contributed by atoms with Gasteiger partial charge in [-0.1, -0.05) is 29.8 Å². The third-order valence-corrected chi connectivity index (χ3v) is 5.36. The number of nitrogens with zero attached hydrogens (tertiary/aromatic N) is 3. The fourth-order valence-corrected chi connectivity index (χ4v) is 3.65. The number of carbonyl (C=O) groups excluding carboxylic acids is 1. The summed E-state index contributed by atoms with van der Waals surface area (Å²) in [6, 6.07) is 13.2. The molecule has 170 valence electrons. The maximum atomic E-state index is 13.2. The number of hydrogen-bond donors (Lipinski definition) is 1. The molecule has 0 bridgehead atoms. The average molecular weight is 459 g/mol. The number of carbonyl (C=O) groups is 1. The minimum atomic E-state index is -0.515. The average Bonchev–Trinajstić information content (AvgIpc) is 2.78. The molecule has 0 radical (unpaired) electrons. The Morgan fingerprint density at radius 3 is 2.62 bits per heavy atom. The Morgan fingerprint density at radius 2 is 1.91 bits per heavy atom. The number of ether oxygens (including phenoxy) is 2. The number of benzene rings is 2. The van der Waals surface area contributed by atoms with Crippen molar-refractivity contribution in [1.29, 1.82) is 0 Å². The first-order chi connectivity index (χ1) is 15.5. The molecule has 2 amide bonds. The lowest BCUT2D eigenvalue weighted by Gasteiger charge is -2.30. The molecule has 0 spiro atoms. The van der Waals surface area contributed by atoms with E-state index in [2.05, 4.69) is 5.32 Å². The number of urea groups is 1. The van der Waals surface area contributed by atoms with Crippen LogP contribution in [-0.2, 0) is 16.0 Å². The summed E-state index contributed by atoms with van der Waals surface area (Å²) < 4.78 is 12.0. The van der Waals surface area contributed by atoms with Gasteiger partial charge in [-0.15, -0.1) is 0 Å². The zero-order valence-electron chi connectivity index (χ0n) is 18.4. The largest absolute Gasteiger partial charge is 0.383 e. The Morgan fingerprint density at radius 1 is 1.16 bits per heavy atom. The van der Waals surface area contributed by atoms with Gasteiger partial charge in [0.15, 0.2) is 0 Å². The van der Waals surface area contributed by atoms with E-state index in [1.54, 1.807) is 66.2 Å². The summed E-state index contributed by atoms with van der Waals surface area (Å²) >= 11 is 6.05. The Labute approximate surface area is 191 Å². The van der Waals surface area contributed by atoms with Gasteiger partial charge in [-0.2, -0.15) is 0 Å². The first kappa shape index (κ1) is 23.7. The minimum Gasteiger partial charge on any atom is -0.383 e. The summed E-state index contributed by atoms with van der Waals surface area (Å²) in [6.45, 7) is 3.13. The summed E-state index contributed by atoms with van der Waals surface area (Å²) in [6.07, 6.45) is 0. The molecule has 0 aliphatic carbocycles. The topological polar surface area (TPSA) is 85.7 Å². The summed E-state index contributed by atoms with van der Waals surface area (Å²) in [5.74, 6) is 0.475. The Hall–Kier alpha value is -2.94. The highest BCUT2D eigenvalue weighted by Gasteiger charge is 2.26. The van der Waals surface area contributed by atoms with Crippen molar-refractivity contribution in [2.75, 3.05) is 39.3 Å². The van der Waals surface area contributed by atoms with Gasteiger partial charge in [-0.05, 0) is 37.3 Å². The van der Waals surface area contributed by atoms with Crippen LogP contribution in [0.5, 0.6) is 0 Å². The van der Waals surface area contributed by atoms with Crippen LogP contribution in [0.4, 0.5) is 10.5 Å². The molecule has 1 atom stereocenters. The van der Waals surface area contributed by atoms with Crippen molar-refractivity contribution >= 4 is 34.2 Å². The Balaban J connectivity index is 2.01. The first-order valence-corrected chi connectivity index (χ1v) is 10.6. The Bertz CT molecular complexity index is 1130. The van der Waals surface area contributed by atoms with Gasteiger partial charge in [-0.25, -0.2) is 9.78 Å². The van der Waals surface area contributed by atoms with Gasteiger partial charge in [0.1, 0.15) is 5.82 Å². The molecular formula is C23H27ClN4O4. The van der Waals surface area contributed by atoms with E-state index in [4.69, 9.17) is 26.1 Å². The van der Waals surface area contributed by atoms with E-state index < -0.39 is 6.04 Å². The number of halogens is 1. The molecule has 32 heavy (non-hydrogen) atoms. The van der Waals surface area contributed by atoms with Gasteiger partial charge in [0, 0.05) is 31.5 Å². The number of nitrogens with one attached hydrogen (secondary N) is 1. The first-order valence-electron chi connectivity index (χ1n) is 10.3. The van der Waals surface area contributed by atoms with Crippen molar-refractivity contribution in [1.82, 2.24) is 14.5 Å². The fourth-order valence-electron chi connectivity index (χ4n) is 3.46. The van der Waals surface area contributed by atoms with Gasteiger partial charge in [0.2, 0.25) is 0 Å². The van der Waals surface area contributed by atoms with E-state index in [1.807, 2.05) is 13.0 Å². The molecule has 1 unspecified atom stereocenters. The summed E-state index contributed by atoms with van der Waals surface area (Å²) in [5.41, 5.74) is 0.978. The maximum Gasteiger partial charge on any atom is 0.322 e. The second kappa shape index (κ2) is 11.1. The maximum absolute atomic E-state index is 13.2. The predicted molar refractivity (Wildman–Crippen MR) is 125 cm³/mol. The van der Waals surface area contributed by atoms with Crippen molar-refractivity contribution < 1.29 is 14.3 Å². The summed E-state index contributed by atoms with van der Waals surface area (Å²) in [4.78, 5) is 32.7. The van der Waals surface area contributed by atoms with Crippen molar-refractivity contribution in [3.63, 3.8) is 0 Å². The number of anilines is 1. The number of para-hydroxylation sites is 1. The summed E-state index contributed by atoms with van der Waals surface area (Å²) in [5, 5.41) is 3.90. The molecule has 8 nitrogen and oxygen atoms in total. The van der Waals surface area contributed by atoms with Crippen LogP contribution in [0.2, 0.25) is 5.02 Å². The van der Waals surface area contributed by atoms with Gasteiger partial charge >= 0.3 is 6.03 Å². The minimum absolute atomic E-state index is 0.170. The highest BCUT2D eigenvalue weighted by Crippen LogP contribution is 2.22. The molecule has 0 aliphatic heterocycles. The number of fused-ring (bicyclic) bond motifs is 1. The summed E-state index contributed by atoms with van der Waals surface area (Å²) in [7, 11) is 3.15. The van der Waals surface area contributed by atoms with Crippen LogP contribution in [0, 0.1) is 0 Å². The lowest BCUT2D eigenvalue weighted by atomic mass is 10.2. The highest BCUT2D eigenvalue weighted by atomic mass is 35.5. The van der Waals surface area contributed by atoms with Crippen LogP contribution in [0.3, 0.4) is 0 Å². The molecule has 3 aromatic rings. The smallest absolute Gasteiger partial charge is 0.322 e. The van der Waals surface area contributed by atoms with Crippen LogP contribution in [0.15, 0.2) is 53.3 Å². The van der Waals surface area contributed by atoms with Crippen LogP contribution in [0.1, 0.15) is 18.8 Å². The molecule has 0 saturated carbocycles. The molecule has 0 fully saturated rings. The fraction of sp³-hybridized carbons (Fsp3) is 0.348. The molecular weight excluding hydrogens is 432 g/mol. The van der Waals surface area contributed by atoms with Crippen molar-refractivity contribution in [3.05, 3.63) is 69.7 Å².